The number of hydrogen-bond donors (Lipinski definition) is 1. The zero-order chi connectivity index (χ0) is 16.4. The fourth-order valence-corrected chi connectivity index (χ4v) is 1.90. The van der Waals surface area contributed by atoms with Gasteiger partial charge in [-0.15, -0.1) is 0 Å². The highest BCUT2D eigenvalue weighted by molar-refractivity contribution is 6.16. The second-order valence-electron chi connectivity index (χ2n) is 4.43. The Kier molecular flexibility index (Phi) is 4.16. The summed E-state index contributed by atoms with van der Waals surface area (Å²) in [5.41, 5.74) is -1.36. The molecule has 1 aromatic carbocycles. The fourth-order valence-electron chi connectivity index (χ4n) is 1.90. The monoisotopic (exact) mass is 307 g/mol. The fraction of sp³-hybridized carbons (Fsp3) is 0.133. The number of methoxy groups -OCH3 is 1. The molecule has 0 fully saturated rings. The van der Waals surface area contributed by atoms with Crippen molar-refractivity contribution in [1.29, 1.82) is 0 Å². The topological polar surface area (TPSA) is 76.5 Å². The third kappa shape index (κ3) is 2.65. The Balaban J connectivity index is 2.70. The number of aromatic hydroxyl groups is 1. The molecule has 2 rings (SSSR count). The summed E-state index contributed by atoms with van der Waals surface area (Å²) in [7, 11) is 1.08. The SMILES string of the molecule is COC(=O)c1cnc(C)c(O)c1C(=O)c1cc(F)ccc1F. The predicted octanol–water partition coefficient (Wildman–Crippen LogP) is 2.39. The van der Waals surface area contributed by atoms with Crippen LogP contribution >= 0.6 is 0 Å². The Morgan fingerprint density at radius 2 is 1.91 bits per heavy atom. The summed E-state index contributed by atoms with van der Waals surface area (Å²) in [6.07, 6.45) is 1.03. The van der Waals surface area contributed by atoms with Crippen molar-refractivity contribution in [3.05, 3.63) is 58.4 Å². The molecule has 0 unspecified atom stereocenters. The highest BCUT2D eigenvalue weighted by Crippen LogP contribution is 2.28. The normalized spacial score (nSPS) is 10.4. The number of carbonyl (C=O) groups is 2. The van der Waals surface area contributed by atoms with E-state index in [2.05, 4.69) is 9.72 Å². The van der Waals surface area contributed by atoms with Crippen LogP contribution in [-0.4, -0.2) is 29.0 Å². The third-order valence-corrected chi connectivity index (χ3v) is 3.04. The van der Waals surface area contributed by atoms with E-state index < -0.39 is 40.3 Å². The van der Waals surface area contributed by atoms with Gasteiger partial charge >= 0.3 is 5.97 Å². The Morgan fingerprint density at radius 3 is 2.55 bits per heavy atom. The van der Waals surface area contributed by atoms with Gasteiger partial charge in [-0.1, -0.05) is 0 Å². The third-order valence-electron chi connectivity index (χ3n) is 3.04. The van der Waals surface area contributed by atoms with E-state index in [0.29, 0.717) is 6.07 Å². The first kappa shape index (κ1) is 15.6. The van der Waals surface area contributed by atoms with Gasteiger partial charge in [-0.2, -0.15) is 0 Å². The maximum atomic E-state index is 13.8. The van der Waals surface area contributed by atoms with Gasteiger partial charge in [-0.3, -0.25) is 9.78 Å². The molecule has 0 aliphatic rings. The van der Waals surface area contributed by atoms with Gasteiger partial charge in [0.25, 0.3) is 0 Å². The molecule has 7 heteroatoms. The predicted molar refractivity (Wildman–Crippen MR) is 71.8 cm³/mol. The number of nitrogens with zero attached hydrogens (tertiary/aromatic N) is 1. The Bertz CT molecular complexity index is 774. The maximum Gasteiger partial charge on any atom is 0.340 e. The number of benzene rings is 1. The summed E-state index contributed by atoms with van der Waals surface area (Å²) in [4.78, 5) is 27.9. The number of aryl methyl sites for hydroxylation is 1. The van der Waals surface area contributed by atoms with Gasteiger partial charge in [0, 0.05) is 6.20 Å². The van der Waals surface area contributed by atoms with Crippen molar-refractivity contribution in [1.82, 2.24) is 4.98 Å². The van der Waals surface area contributed by atoms with Crippen LogP contribution in [0.3, 0.4) is 0 Å². The molecule has 114 valence electrons. The molecule has 1 heterocycles. The lowest BCUT2D eigenvalue weighted by Crippen LogP contribution is -2.14. The van der Waals surface area contributed by atoms with E-state index >= 15 is 0 Å². The smallest absolute Gasteiger partial charge is 0.340 e. The van der Waals surface area contributed by atoms with E-state index in [9.17, 15) is 23.5 Å². The molecule has 0 bridgehead atoms. The molecule has 1 aromatic heterocycles. The van der Waals surface area contributed by atoms with Gasteiger partial charge in [0.15, 0.2) is 0 Å². The molecular weight excluding hydrogens is 296 g/mol. The van der Waals surface area contributed by atoms with E-state index in [1.807, 2.05) is 0 Å². The van der Waals surface area contributed by atoms with Crippen LogP contribution < -0.4 is 0 Å². The summed E-state index contributed by atoms with van der Waals surface area (Å²) in [5.74, 6) is -4.36. The summed E-state index contributed by atoms with van der Waals surface area (Å²) in [6.45, 7) is 1.40. The molecule has 0 saturated heterocycles. The van der Waals surface area contributed by atoms with Crippen LogP contribution in [0.25, 0.3) is 0 Å². The molecule has 1 N–H and O–H groups in total. The molecule has 0 aliphatic carbocycles. The number of aromatic nitrogens is 1. The van der Waals surface area contributed by atoms with Crippen molar-refractivity contribution < 1.29 is 28.2 Å². The zero-order valence-corrected chi connectivity index (χ0v) is 11.7. The number of hydrogen-bond acceptors (Lipinski definition) is 5. The van der Waals surface area contributed by atoms with E-state index in [4.69, 9.17) is 0 Å². The molecule has 0 spiro atoms. The van der Waals surface area contributed by atoms with Crippen molar-refractivity contribution in [2.24, 2.45) is 0 Å². The van der Waals surface area contributed by atoms with Crippen LogP contribution in [-0.2, 0) is 4.74 Å². The van der Waals surface area contributed by atoms with Crippen molar-refractivity contribution >= 4 is 11.8 Å². The van der Waals surface area contributed by atoms with Crippen LogP contribution in [0.4, 0.5) is 8.78 Å². The standard InChI is InChI=1S/C15H11F2NO4/c1-7-13(19)12(10(6-18-7)15(21)22-2)14(20)9-5-8(16)3-4-11(9)17/h3-6,19H,1-2H3. The largest absolute Gasteiger partial charge is 0.505 e. The number of pyridine rings is 1. The summed E-state index contributed by atoms with van der Waals surface area (Å²) in [5, 5.41) is 10.0. The van der Waals surface area contributed by atoms with E-state index in [1.54, 1.807) is 0 Å². The number of ketones is 1. The summed E-state index contributed by atoms with van der Waals surface area (Å²) in [6, 6.07) is 2.32. The first-order chi connectivity index (χ1) is 10.4. The Hall–Kier alpha value is -2.83. The molecule has 0 atom stereocenters. The quantitative estimate of drug-likeness (QED) is 0.696. The zero-order valence-electron chi connectivity index (χ0n) is 11.7. The first-order valence-corrected chi connectivity index (χ1v) is 6.13. The maximum absolute atomic E-state index is 13.8. The minimum Gasteiger partial charge on any atom is -0.505 e. The molecule has 2 aromatic rings. The molecule has 0 amide bonds. The molecule has 0 aliphatic heterocycles. The van der Waals surface area contributed by atoms with Gasteiger partial charge in [0.05, 0.1) is 29.5 Å². The van der Waals surface area contributed by atoms with Crippen LogP contribution in [0.2, 0.25) is 0 Å². The van der Waals surface area contributed by atoms with Crippen molar-refractivity contribution in [3.8, 4) is 5.75 Å². The second kappa shape index (κ2) is 5.88. The number of carbonyl (C=O) groups excluding carboxylic acids is 2. The van der Waals surface area contributed by atoms with E-state index in [0.717, 1.165) is 25.4 Å². The van der Waals surface area contributed by atoms with Crippen LogP contribution in [0.1, 0.15) is 32.0 Å². The van der Waals surface area contributed by atoms with Crippen LogP contribution in [0.5, 0.6) is 5.75 Å². The average Bonchev–Trinajstić information content (AvgIpc) is 2.50. The van der Waals surface area contributed by atoms with Crippen molar-refractivity contribution in [3.63, 3.8) is 0 Å². The number of ether oxygens (including phenoxy) is 1. The highest BCUT2D eigenvalue weighted by Gasteiger charge is 2.26. The molecule has 22 heavy (non-hydrogen) atoms. The lowest BCUT2D eigenvalue weighted by atomic mass is 9.97. The van der Waals surface area contributed by atoms with E-state index in [1.165, 1.54) is 6.92 Å². The van der Waals surface area contributed by atoms with Crippen molar-refractivity contribution in [2.75, 3.05) is 7.11 Å². The summed E-state index contributed by atoms with van der Waals surface area (Å²) >= 11 is 0. The minimum atomic E-state index is -1.04. The Morgan fingerprint density at radius 1 is 1.23 bits per heavy atom. The molecular formula is C15H11F2NO4. The van der Waals surface area contributed by atoms with E-state index in [-0.39, 0.29) is 11.3 Å². The van der Waals surface area contributed by atoms with Crippen LogP contribution in [0.15, 0.2) is 24.4 Å². The lowest BCUT2D eigenvalue weighted by Gasteiger charge is -2.11. The van der Waals surface area contributed by atoms with Gasteiger partial charge in [0.2, 0.25) is 5.78 Å². The highest BCUT2D eigenvalue weighted by atomic mass is 19.1. The van der Waals surface area contributed by atoms with Gasteiger partial charge in [-0.25, -0.2) is 13.6 Å². The van der Waals surface area contributed by atoms with Gasteiger partial charge in [-0.05, 0) is 25.1 Å². The summed E-state index contributed by atoms with van der Waals surface area (Å²) < 4.78 is 31.5. The van der Waals surface area contributed by atoms with Crippen LogP contribution in [0, 0.1) is 18.6 Å². The number of rotatable bonds is 3. The molecule has 0 saturated carbocycles. The van der Waals surface area contributed by atoms with Gasteiger partial charge < -0.3 is 9.84 Å². The first-order valence-electron chi connectivity index (χ1n) is 6.13. The molecule has 0 radical (unpaired) electrons. The van der Waals surface area contributed by atoms with Gasteiger partial charge in [0.1, 0.15) is 17.4 Å². The second-order valence-corrected chi connectivity index (χ2v) is 4.43. The average molecular weight is 307 g/mol. The number of esters is 1. The van der Waals surface area contributed by atoms with Crippen molar-refractivity contribution in [2.45, 2.75) is 6.92 Å². The number of halogens is 2. The Labute approximate surface area is 124 Å². The lowest BCUT2D eigenvalue weighted by molar-refractivity contribution is 0.0596. The minimum absolute atomic E-state index is 0.0628. The molecule has 5 nitrogen and oxygen atoms in total.